The van der Waals surface area contributed by atoms with Crippen LogP contribution in [0.4, 0.5) is 5.69 Å². The first-order chi connectivity index (χ1) is 9.79. The Morgan fingerprint density at radius 1 is 1.14 bits per heavy atom. The van der Waals surface area contributed by atoms with E-state index in [0.717, 1.165) is 31.5 Å². The lowest BCUT2D eigenvalue weighted by atomic mass is 10.0. The Hall–Kier alpha value is -1.58. The van der Waals surface area contributed by atoms with Crippen LogP contribution in [0.15, 0.2) is 30.3 Å². The molecular formula is C17H21ClN2O. The summed E-state index contributed by atoms with van der Waals surface area (Å²) in [7, 11) is 1.90. The van der Waals surface area contributed by atoms with Crippen LogP contribution in [-0.4, -0.2) is 19.5 Å². The van der Waals surface area contributed by atoms with Crippen molar-refractivity contribution in [2.75, 3.05) is 18.9 Å². The van der Waals surface area contributed by atoms with E-state index in [-0.39, 0.29) is 18.3 Å². The number of amides is 1. The Balaban J connectivity index is 0.00000161. The van der Waals surface area contributed by atoms with Crippen LogP contribution in [0.5, 0.6) is 0 Å². The summed E-state index contributed by atoms with van der Waals surface area (Å²) in [6, 6.07) is 10.6. The molecule has 0 unspecified atom stereocenters. The van der Waals surface area contributed by atoms with Gasteiger partial charge in [0, 0.05) is 17.5 Å². The first-order valence-electron chi connectivity index (χ1n) is 7.27. The molecule has 0 atom stereocenters. The normalized spacial score (nSPS) is 12.2. The molecule has 0 saturated heterocycles. The quantitative estimate of drug-likeness (QED) is 0.832. The molecule has 2 aromatic carbocycles. The average molecular weight is 305 g/mol. The van der Waals surface area contributed by atoms with E-state index in [1.807, 2.05) is 13.1 Å². The number of carbonyl (C=O) groups excluding carboxylic acids is 1. The first kappa shape index (κ1) is 15.8. The topological polar surface area (TPSA) is 41.1 Å². The molecule has 3 rings (SSSR count). The molecule has 0 heterocycles. The molecule has 1 aliphatic carbocycles. The fraction of sp³-hybridized carbons (Fsp3) is 0.353. The maximum Gasteiger partial charge on any atom is 0.224 e. The maximum absolute atomic E-state index is 12.0. The van der Waals surface area contributed by atoms with E-state index in [1.165, 1.54) is 21.9 Å². The largest absolute Gasteiger partial charge is 0.326 e. The molecule has 0 aromatic heterocycles. The lowest BCUT2D eigenvalue weighted by Crippen LogP contribution is -2.15. The van der Waals surface area contributed by atoms with Gasteiger partial charge in [-0.25, -0.2) is 0 Å². The summed E-state index contributed by atoms with van der Waals surface area (Å²) >= 11 is 0. The fourth-order valence-corrected chi connectivity index (χ4v) is 2.99. The van der Waals surface area contributed by atoms with Crippen molar-refractivity contribution in [1.82, 2.24) is 5.32 Å². The lowest BCUT2D eigenvalue weighted by Gasteiger charge is -2.10. The molecular weight excluding hydrogens is 284 g/mol. The maximum atomic E-state index is 12.0. The number of carbonyl (C=O) groups is 1. The highest BCUT2D eigenvalue weighted by Gasteiger charge is 2.16. The summed E-state index contributed by atoms with van der Waals surface area (Å²) in [5, 5.41) is 8.65. The highest BCUT2D eigenvalue weighted by atomic mass is 35.5. The molecule has 0 saturated carbocycles. The van der Waals surface area contributed by atoms with Crippen molar-refractivity contribution in [1.29, 1.82) is 0 Å². The van der Waals surface area contributed by atoms with E-state index in [0.29, 0.717) is 6.42 Å². The molecule has 1 aliphatic rings. The Morgan fingerprint density at radius 2 is 1.90 bits per heavy atom. The predicted molar refractivity (Wildman–Crippen MR) is 90.4 cm³/mol. The number of rotatable bonds is 5. The van der Waals surface area contributed by atoms with E-state index < -0.39 is 0 Å². The first-order valence-corrected chi connectivity index (χ1v) is 7.27. The van der Waals surface area contributed by atoms with Gasteiger partial charge in [-0.1, -0.05) is 24.3 Å². The summed E-state index contributed by atoms with van der Waals surface area (Å²) in [5.74, 6) is 0.0962. The van der Waals surface area contributed by atoms with Crippen LogP contribution < -0.4 is 10.6 Å². The molecule has 4 heteroatoms. The van der Waals surface area contributed by atoms with Crippen molar-refractivity contribution >= 4 is 34.8 Å². The van der Waals surface area contributed by atoms with Gasteiger partial charge < -0.3 is 10.6 Å². The molecule has 0 radical (unpaired) electrons. The van der Waals surface area contributed by atoms with E-state index in [2.05, 4.69) is 34.9 Å². The zero-order chi connectivity index (χ0) is 13.9. The highest BCUT2D eigenvalue weighted by molar-refractivity contribution is 6.05. The number of anilines is 1. The number of nitrogens with one attached hydrogen (secondary N) is 2. The van der Waals surface area contributed by atoms with Crippen LogP contribution in [0.2, 0.25) is 0 Å². The lowest BCUT2D eigenvalue weighted by molar-refractivity contribution is -0.116. The van der Waals surface area contributed by atoms with E-state index in [9.17, 15) is 4.79 Å². The van der Waals surface area contributed by atoms with Gasteiger partial charge in [0.1, 0.15) is 0 Å². The van der Waals surface area contributed by atoms with Crippen LogP contribution in [0.1, 0.15) is 24.0 Å². The average Bonchev–Trinajstić information content (AvgIpc) is 2.87. The van der Waals surface area contributed by atoms with Gasteiger partial charge in [0.25, 0.3) is 0 Å². The van der Waals surface area contributed by atoms with E-state index >= 15 is 0 Å². The van der Waals surface area contributed by atoms with Crippen LogP contribution in [0.3, 0.4) is 0 Å². The van der Waals surface area contributed by atoms with Crippen molar-refractivity contribution in [3.63, 3.8) is 0 Å². The third-order valence-electron chi connectivity index (χ3n) is 3.98. The number of hydrogen-bond acceptors (Lipinski definition) is 2. The minimum absolute atomic E-state index is 0. The standard InChI is InChI=1S/C17H20N2O.ClH/c1-18-11-3-6-16(20)19-15-10-9-13-8-7-12-4-2-5-14(15)17(12)13;/h2,4-5,9-10,18H,3,6-8,11H2,1H3,(H,19,20);1H. The van der Waals surface area contributed by atoms with Crippen molar-refractivity contribution in [3.05, 3.63) is 41.5 Å². The number of aryl methyl sites for hydroxylation is 2. The zero-order valence-electron chi connectivity index (χ0n) is 12.2. The summed E-state index contributed by atoms with van der Waals surface area (Å²) in [6.45, 7) is 0.872. The van der Waals surface area contributed by atoms with Crippen molar-refractivity contribution < 1.29 is 4.79 Å². The molecule has 21 heavy (non-hydrogen) atoms. The van der Waals surface area contributed by atoms with Crippen molar-refractivity contribution in [2.45, 2.75) is 25.7 Å². The van der Waals surface area contributed by atoms with Crippen LogP contribution in [-0.2, 0) is 17.6 Å². The van der Waals surface area contributed by atoms with E-state index in [4.69, 9.17) is 0 Å². The third kappa shape index (κ3) is 3.20. The minimum atomic E-state index is 0. The molecule has 0 fully saturated rings. The smallest absolute Gasteiger partial charge is 0.224 e. The molecule has 112 valence electrons. The van der Waals surface area contributed by atoms with Crippen LogP contribution >= 0.6 is 12.4 Å². The minimum Gasteiger partial charge on any atom is -0.326 e. The molecule has 0 spiro atoms. The molecule has 2 aromatic rings. The molecule has 2 N–H and O–H groups in total. The SMILES string of the molecule is CNCCCC(=O)Nc1ccc2c3c(cccc13)CC2.Cl. The summed E-state index contributed by atoms with van der Waals surface area (Å²) in [6.07, 6.45) is 3.66. The molecule has 0 bridgehead atoms. The third-order valence-corrected chi connectivity index (χ3v) is 3.98. The summed E-state index contributed by atoms with van der Waals surface area (Å²) in [5.41, 5.74) is 3.76. The fourth-order valence-electron chi connectivity index (χ4n) is 2.99. The van der Waals surface area contributed by atoms with Gasteiger partial charge in [-0.2, -0.15) is 0 Å². The van der Waals surface area contributed by atoms with Gasteiger partial charge in [0.15, 0.2) is 0 Å². The van der Waals surface area contributed by atoms with Crippen molar-refractivity contribution in [3.8, 4) is 0 Å². The predicted octanol–water partition coefficient (Wildman–Crippen LogP) is 3.30. The Labute approximate surface area is 131 Å². The van der Waals surface area contributed by atoms with E-state index in [1.54, 1.807) is 0 Å². The summed E-state index contributed by atoms with van der Waals surface area (Å²) in [4.78, 5) is 12.0. The second-order valence-electron chi connectivity index (χ2n) is 5.37. The monoisotopic (exact) mass is 304 g/mol. The van der Waals surface area contributed by atoms with Crippen LogP contribution in [0, 0.1) is 0 Å². The Bertz CT molecular complexity index is 644. The van der Waals surface area contributed by atoms with Gasteiger partial charge in [-0.3, -0.25) is 4.79 Å². The molecule has 0 aliphatic heterocycles. The van der Waals surface area contributed by atoms with Gasteiger partial charge in [0.05, 0.1) is 0 Å². The second-order valence-corrected chi connectivity index (χ2v) is 5.37. The van der Waals surface area contributed by atoms with Crippen molar-refractivity contribution in [2.24, 2.45) is 0 Å². The Morgan fingerprint density at radius 3 is 2.67 bits per heavy atom. The Kier molecular flexibility index (Phi) is 5.21. The van der Waals surface area contributed by atoms with Gasteiger partial charge in [-0.15, -0.1) is 12.4 Å². The summed E-state index contributed by atoms with van der Waals surface area (Å²) < 4.78 is 0. The van der Waals surface area contributed by atoms with Gasteiger partial charge >= 0.3 is 0 Å². The van der Waals surface area contributed by atoms with Gasteiger partial charge in [-0.05, 0) is 55.4 Å². The molecule has 1 amide bonds. The van der Waals surface area contributed by atoms with Gasteiger partial charge in [0.2, 0.25) is 5.91 Å². The zero-order valence-corrected chi connectivity index (χ0v) is 13.1. The number of benzene rings is 2. The second kappa shape index (κ2) is 6.92. The van der Waals surface area contributed by atoms with Crippen LogP contribution in [0.25, 0.3) is 10.8 Å². The highest BCUT2D eigenvalue weighted by Crippen LogP contribution is 2.34. The number of hydrogen-bond donors (Lipinski definition) is 2. The molecule has 3 nitrogen and oxygen atoms in total. The number of halogens is 1.